The average molecular weight is 270 g/mol. The predicted octanol–water partition coefficient (Wildman–Crippen LogP) is 2.98. The van der Waals surface area contributed by atoms with Crippen LogP contribution in [-0.2, 0) is 0 Å². The monoisotopic (exact) mass is 270 g/mol. The van der Waals surface area contributed by atoms with Crippen LogP contribution in [0.15, 0.2) is 0 Å². The van der Waals surface area contributed by atoms with Crippen molar-refractivity contribution >= 4 is 11.8 Å². The fourth-order valence-electron chi connectivity index (χ4n) is 3.57. The van der Waals surface area contributed by atoms with Crippen LogP contribution < -0.4 is 5.32 Å². The van der Waals surface area contributed by atoms with E-state index in [-0.39, 0.29) is 0 Å². The first kappa shape index (κ1) is 14.7. The highest BCUT2D eigenvalue weighted by molar-refractivity contribution is 7.99. The molecule has 0 bridgehead atoms. The van der Waals surface area contributed by atoms with Crippen molar-refractivity contribution in [1.82, 2.24) is 10.2 Å². The smallest absolute Gasteiger partial charge is 0.0249 e. The molecule has 1 aliphatic carbocycles. The molecule has 3 heteroatoms. The average Bonchev–Trinajstić information content (AvgIpc) is 2.40. The predicted molar refractivity (Wildman–Crippen MR) is 82.4 cm³/mol. The molecule has 0 aromatic heterocycles. The quantitative estimate of drug-likeness (QED) is 0.773. The van der Waals surface area contributed by atoms with Crippen molar-refractivity contribution in [3.8, 4) is 0 Å². The van der Waals surface area contributed by atoms with Crippen LogP contribution in [0.3, 0.4) is 0 Å². The van der Waals surface area contributed by atoms with Gasteiger partial charge in [0.25, 0.3) is 0 Å². The minimum Gasteiger partial charge on any atom is -0.311 e. The summed E-state index contributed by atoms with van der Waals surface area (Å²) in [6.07, 6.45) is 7.34. The van der Waals surface area contributed by atoms with E-state index in [1.807, 2.05) is 0 Å². The van der Waals surface area contributed by atoms with Crippen LogP contribution in [0.4, 0.5) is 0 Å². The first-order valence-electron chi connectivity index (χ1n) is 7.86. The molecule has 0 spiro atoms. The minimum atomic E-state index is 0.677. The van der Waals surface area contributed by atoms with Crippen molar-refractivity contribution in [2.75, 3.05) is 31.1 Å². The van der Waals surface area contributed by atoms with Crippen LogP contribution in [-0.4, -0.2) is 48.1 Å². The number of thioether (sulfide) groups is 1. The number of nitrogens with zero attached hydrogens (tertiary/aromatic N) is 1. The molecule has 0 aromatic carbocycles. The molecule has 1 aliphatic heterocycles. The molecule has 2 rings (SSSR count). The van der Waals surface area contributed by atoms with Gasteiger partial charge < -0.3 is 5.32 Å². The largest absolute Gasteiger partial charge is 0.311 e. The summed E-state index contributed by atoms with van der Waals surface area (Å²) in [5.41, 5.74) is 0. The molecule has 106 valence electrons. The van der Waals surface area contributed by atoms with Gasteiger partial charge in [-0.2, -0.15) is 11.8 Å². The summed E-state index contributed by atoms with van der Waals surface area (Å²) in [6, 6.07) is 1.50. The van der Waals surface area contributed by atoms with Gasteiger partial charge in [0.05, 0.1) is 0 Å². The molecule has 2 nitrogen and oxygen atoms in total. The van der Waals surface area contributed by atoms with E-state index < -0.39 is 0 Å². The number of piperazine rings is 1. The summed E-state index contributed by atoms with van der Waals surface area (Å²) >= 11 is 2.09. The molecule has 0 amide bonds. The molecule has 2 atom stereocenters. The second kappa shape index (κ2) is 7.76. The number of hydrogen-bond acceptors (Lipinski definition) is 3. The van der Waals surface area contributed by atoms with Crippen molar-refractivity contribution in [2.45, 2.75) is 58.0 Å². The second-order valence-corrected chi connectivity index (χ2v) is 7.36. The maximum Gasteiger partial charge on any atom is 0.0249 e. The summed E-state index contributed by atoms with van der Waals surface area (Å²) in [4.78, 5) is 2.79. The summed E-state index contributed by atoms with van der Waals surface area (Å²) in [5.74, 6) is 3.53. The van der Waals surface area contributed by atoms with E-state index in [0.29, 0.717) is 6.04 Å². The zero-order chi connectivity index (χ0) is 12.8. The highest BCUT2D eigenvalue weighted by atomic mass is 32.2. The third-order valence-electron chi connectivity index (χ3n) is 4.57. The Morgan fingerprint density at radius 1 is 1.22 bits per heavy atom. The van der Waals surface area contributed by atoms with Gasteiger partial charge in [-0.15, -0.1) is 0 Å². The molecule has 18 heavy (non-hydrogen) atoms. The fourth-order valence-corrected chi connectivity index (χ4v) is 4.22. The topological polar surface area (TPSA) is 15.3 Å². The van der Waals surface area contributed by atoms with Crippen LogP contribution in [0.2, 0.25) is 0 Å². The van der Waals surface area contributed by atoms with Gasteiger partial charge in [-0.1, -0.05) is 26.2 Å². The lowest BCUT2D eigenvalue weighted by molar-refractivity contribution is 0.0814. The Hall–Kier alpha value is 0.270. The second-order valence-electron chi connectivity index (χ2n) is 5.97. The van der Waals surface area contributed by atoms with Gasteiger partial charge in [-0.05, 0) is 31.4 Å². The van der Waals surface area contributed by atoms with Crippen molar-refractivity contribution in [2.24, 2.45) is 5.92 Å². The molecule has 1 heterocycles. The summed E-state index contributed by atoms with van der Waals surface area (Å²) in [5, 5.41) is 3.70. The minimum absolute atomic E-state index is 0.677. The van der Waals surface area contributed by atoms with Crippen LogP contribution in [0.1, 0.15) is 46.0 Å². The highest BCUT2D eigenvalue weighted by Crippen LogP contribution is 2.30. The van der Waals surface area contributed by atoms with Gasteiger partial charge in [-0.3, -0.25) is 4.90 Å². The fraction of sp³-hybridized carbons (Fsp3) is 1.00. The molecule has 1 saturated heterocycles. The Morgan fingerprint density at radius 2 is 2.00 bits per heavy atom. The highest BCUT2D eigenvalue weighted by Gasteiger charge is 2.32. The normalized spacial score (nSPS) is 31.7. The SMILES string of the molecule is CCSCCN1CC(C)NCC1C1CCCCC1. The standard InChI is InChI=1S/C15H30N2S/c1-3-18-10-9-17-12-13(2)16-11-15(17)14-7-5-4-6-8-14/h13-16H,3-12H2,1-2H3. The van der Waals surface area contributed by atoms with Crippen molar-refractivity contribution < 1.29 is 0 Å². The van der Waals surface area contributed by atoms with E-state index in [0.717, 1.165) is 12.0 Å². The van der Waals surface area contributed by atoms with Crippen LogP contribution >= 0.6 is 11.8 Å². The number of nitrogens with one attached hydrogen (secondary N) is 1. The molecule has 2 fully saturated rings. The molecule has 0 aromatic rings. The van der Waals surface area contributed by atoms with E-state index in [1.54, 1.807) is 0 Å². The summed E-state index contributed by atoms with van der Waals surface area (Å²) < 4.78 is 0. The van der Waals surface area contributed by atoms with Gasteiger partial charge in [0.1, 0.15) is 0 Å². The number of hydrogen-bond donors (Lipinski definition) is 1. The molecule has 2 aliphatic rings. The maximum atomic E-state index is 3.70. The van der Waals surface area contributed by atoms with Gasteiger partial charge in [-0.25, -0.2) is 0 Å². The molecule has 1 N–H and O–H groups in total. The van der Waals surface area contributed by atoms with Crippen LogP contribution in [0.25, 0.3) is 0 Å². The summed E-state index contributed by atoms with van der Waals surface area (Å²) in [7, 11) is 0. The van der Waals surface area contributed by atoms with E-state index in [4.69, 9.17) is 0 Å². The Labute approximate surface area is 117 Å². The first-order chi connectivity index (χ1) is 8.81. The lowest BCUT2D eigenvalue weighted by Crippen LogP contribution is -2.58. The summed E-state index contributed by atoms with van der Waals surface area (Å²) in [6.45, 7) is 8.38. The third-order valence-corrected chi connectivity index (χ3v) is 5.45. The van der Waals surface area contributed by atoms with Crippen molar-refractivity contribution in [3.05, 3.63) is 0 Å². The lowest BCUT2D eigenvalue weighted by Gasteiger charge is -2.44. The lowest BCUT2D eigenvalue weighted by atomic mass is 9.82. The molecule has 1 saturated carbocycles. The van der Waals surface area contributed by atoms with Crippen LogP contribution in [0, 0.1) is 5.92 Å². The zero-order valence-corrected chi connectivity index (χ0v) is 13.0. The molecular formula is C15H30N2S. The van der Waals surface area contributed by atoms with Crippen LogP contribution in [0.5, 0.6) is 0 Å². The Balaban J connectivity index is 1.87. The Bertz CT molecular complexity index is 229. The van der Waals surface area contributed by atoms with Gasteiger partial charge in [0, 0.05) is 37.5 Å². The zero-order valence-electron chi connectivity index (χ0n) is 12.2. The third kappa shape index (κ3) is 4.14. The number of rotatable bonds is 5. The van der Waals surface area contributed by atoms with E-state index in [9.17, 15) is 0 Å². The maximum absolute atomic E-state index is 3.70. The Morgan fingerprint density at radius 3 is 2.72 bits per heavy atom. The molecule has 0 radical (unpaired) electrons. The first-order valence-corrected chi connectivity index (χ1v) is 9.02. The Kier molecular flexibility index (Phi) is 6.33. The van der Waals surface area contributed by atoms with Gasteiger partial charge in [0.15, 0.2) is 0 Å². The van der Waals surface area contributed by atoms with Crippen molar-refractivity contribution in [1.29, 1.82) is 0 Å². The molecule has 2 unspecified atom stereocenters. The van der Waals surface area contributed by atoms with Gasteiger partial charge in [0.2, 0.25) is 0 Å². The van der Waals surface area contributed by atoms with Gasteiger partial charge >= 0.3 is 0 Å². The van der Waals surface area contributed by atoms with Crippen molar-refractivity contribution in [3.63, 3.8) is 0 Å². The molecular weight excluding hydrogens is 240 g/mol. The van der Waals surface area contributed by atoms with E-state index in [2.05, 4.69) is 35.8 Å². The van der Waals surface area contributed by atoms with E-state index in [1.165, 1.54) is 63.2 Å². The van der Waals surface area contributed by atoms with E-state index >= 15 is 0 Å².